The van der Waals surface area contributed by atoms with Crippen molar-refractivity contribution in [1.29, 1.82) is 0 Å². The van der Waals surface area contributed by atoms with Crippen LogP contribution >= 0.6 is 0 Å². The van der Waals surface area contributed by atoms with Gasteiger partial charge in [0, 0.05) is 6.42 Å². The van der Waals surface area contributed by atoms with Crippen LogP contribution in [0.3, 0.4) is 0 Å². The fourth-order valence-corrected chi connectivity index (χ4v) is 11.1. The molecule has 2 rings (SSSR count). The molecule has 0 saturated carbocycles. The van der Waals surface area contributed by atoms with Crippen molar-refractivity contribution < 1.29 is 64.6 Å². The number of carbonyl (C=O) groups is 1. The molecule has 12 unspecified atom stereocenters. The van der Waals surface area contributed by atoms with E-state index >= 15 is 0 Å². The minimum absolute atomic E-state index is 0.248. The van der Waals surface area contributed by atoms with Gasteiger partial charge in [-0.3, -0.25) is 4.79 Å². The van der Waals surface area contributed by atoms with Gasteiger partial charge in [0.1, 0.15) is 48.8 Å². The average molecular weight is 1150 g/mol. The first-order valence-corrected chi connectivity index (χ1v) is 33.7. The fourth-order valence-electron chi connectivity index (χ4n) is 11.1. The Labute approximate surface area is 493 Å². The zero-order valence-electron chi connectivity index (χ0n) is 51.5. The highest BCUT2D eigenvalue weighted by Gasteiger charge is 2.51. The van der Waals surface area contributed by atoms with E-state index in [1.54, 1.807) is 6.08 Å². The molecule has 0 aromatic carbocycles. The van der Waals surface area contributed by atoms with E-state index in [-0.39, 0.29) is 18.9 Å². The van der Waals surface area contributed by atoms with E-state index in [9.17, 15) is 45.6 Å². The zero-order chi connectivity index (χ0) is 58.8. The molecule has 0 bridgehead atoms. The third kappa shape index (κ3) is 37.4. The number of rotatable bonds is 55. The maximum absolute atomic E-state index is 13.3. The van der Waals surface area contributed by atoms with Gasteiger partial charge < -0.3 is 65.1 Å². The Morgan fingerprint density at radius 2 is 0.790 bits per heavy atom. The van der Waals surface area contributed by atoms with Crippen LogP contribution in [-0.4, -0.2) is 140 Å². The van der Waals surface area contributed by atoms with E-state index in [1.165, 1.54) is 225 Å². The Kier molecular flexibility index (Phi) is 48.8. The molecule has 12 atom stereocenters. The lowest BCUT2D eigenvalue weighted by Crippen LogP contribution is -2.65. The van der Waals surface area contributed by atoms with Gasteiger partial charge in [-0.15, -0.1) is 0 Å². The number of aliphatic hydroxyl groups excluding tert-OH is 8. The summed E-state index contributed by atoms with van der Waals surface area (Å²) in [5.74, 6) is -0.248. The monoisotopic (exact) mass is 1150 g/mol. The van der Waals surface area contributed by atoms with Crippen molar-refractivity contribution in [3.63, 3.8) is 0 Å². The molecule has 0 aromatic rings. The van der Waals surface area contributed by atoms with Gasteiger partial charge in [0.2, 0.25) is 5.91 Å². The van der Waals surface area contributed by atoms with Crippen LogP contribution in [0.5, 0.6) is 0 Å². The Balaban J connectivity index is 1.72. The molecule has 0 aromatic heterocycles. The van der Waals surface area contributed by atoms with Gasteiger partial charge in [-0.2, -0.15) is 0 Å². The number of amides is 1. The molecule has 2 aliphatic heterocycles. The molecule has 1 amide bonds. The maximum Gasteiger partial charge on any atom is 0.220 e. The van der Waals surface area contributed by atoms with Gasteiger partial charge in [-0.25, -0.2) is 0 Å². The quantitative estimate of drug-likeness (QED) is 0.0204. The number of nitrogens with one attached hydrogen (secondary N) is 1. The first-order chi connectivity index (χ1) is 39.6. The van der Waals surface area contributed by atoms with Gasteiger partial charge in [0.05, 0.1) is 32.0 Å². The number of hydrogen-bond acceptors (Lipinski definition) is 13. The van der Waals surface area contributed by atoms with Gasteiger partial charge in [-0.05, 0) is 57.8 Å². The Bertz CT molecular complexity index is 1500. The molecule has 2 saturated heterocycles. The summed E-state index contributed by atoms with van der Waals surface area (Å²) in [6.07, 6.45) is 49.1. The molecule has 2 heterocycles. The summed E-state index contributed by atoms with van der Waals surface area (Å²) in [5.41, 5.74) is 0. The SMILES string of the molecule is CCCCCCCCCC/C=C\CCCCCCCCCCCC(=O)NC(COC1OC(CO)C(OC2OC(CO)C(O)C(O)C2O)C(O)C1O)C(O)/C=C/CC/C=C/CCCCCCCCCCCCCCCCCCCCCC. The number of carbonyl (C=O) groups excluding carboxylic acids is 1. The molecular formula is C67H125NO13. The second kappa shape index (κ2) is 52.5. The molecule has 0 aliphatic carbocycles. The smallest absolute Gasteiger partial charge is 0.220 e. The van der Waals surface area contributed by atoms with Gasteiger partial charge in [-0.1, -0.05) is 262 Å². The van der Waals surface area contributed by atoms with E-state index < -0.39 is 86.8 Å². The summed E-state index contributed by atoms with van der Waals surface area (Å²) in [4.78, 5) is 13.3. The zero-order valence-corrected chi connectivity index (χ0v) is 51.5. The summed E-state index contributed by atoms with van der Waals surface area (Å²) < 4.78 is 22.8. The third-order valence-electron chi connectivity index (χ3n) is 16.5. The molecule has 476 valence electrons. The van der Waals surface area contributed by atoms with E-state index in [2.05, 4.69) is 43.5 Å². The van der Waals surface area contributed by atoms with Crippen LogP contribution in [0, 0.1) is 0 Å². The lowest BCUT2D eigenvalue weighted by atomic mass is 9.97. The first-order valence-electron chi connectivity index (χ1n) is 33.7. The number of ether oxygens (including phenoxy) is 4. The summed E-state index contributed by atoms with van der Waals surface area (Å²) in [6.45, 7) is 2.82. The van der Waals surface area contributed by atoms with Gasteiger partial charge >= 0.3 is 0 Å². The Morgan fingerprint density at radius 3 is 1.21 bits per heavy atom. The topological polar surface area (TPSA) is 228 Å². The third-order valence-corrected chi connectivity index (χ3v) is 16.5. The highest BCUT2D eigenvalue weighted by molar-refractivity contribution is 5.76. The Hall–Kier alpha value is -1.79. The molecule has 14 nitrogen and oxygen atoms in total. The van der Waals surface area contributed by atoms with Crippen molar-refractivity contribution in [3.8, 4) is 0 Å². The van der Waals surface area contributed by atoms with Crippen molar-refractivity contribution in [1.82, 2.24) is 5.32 Å². The van der Waals surface area contributed by atoms with Crippen molar-refractivity contribution in [2.45, 2.75) is 364 Å². The highest BCUT2D eigenvalue weighted by atomic mass is 16.7. The number of aliphatic hydroxyl groups is 8. The summed E-state index contributed by atoms with van der Waals surface area (Å²) >= 11 is 0. The first kappa shape index (κ1) is 75.3. The average Bonchev–Trinajstić information content (AvgIpc) is 3.47. The summed E-state index contributed by atoms with van der Waals surface area (Å²) in [7, 11) is 0. The van der Waals surface area contributed by atoms with Crippen molar-refractivity contribution in [3.05, 3.63) is 36.5 Å². The van der Waals surface area contributed by atoms with Crippen LogP contribution < -0.4 is 5.32 Å². The predicted octanol–water partition coefficient (Wildman–Crippen LogP) is 13.0. The van der Waals surface area contributed by atoms with Crippen LogP contribution in [0.15, 0.2) is 36.5 Å². The Morgan fingerprint density at radius 1 is 0.432 bits per heavy atom. The van der Waals surface area contributed by atoms with Crippen molar-refractivity contribution >= 4 is 5.91 Å². The second-order valence-electron chi connectivity index (χ2n) is 23.9. The largest absolute Gasteiger partial charge is 0.394 e. The number of hydrogen-bond donors (Lipinski definition) is 9. The maximum atomic E-state index is 13.3. The van der Waals surface area contributed by atoms with Gasteiger partial charge in [0.15, 0.2) is 12.6 Å². The lowest BCUT2D eigenvalue weighted by molar-refractivity contribution is -0.359. The van der Waals surface area contributed by atoms with Crippen LogP contribution in [-0.2, 0) is 23.7 Å². The normalized spacial score (nSPS) is 24.3. The minimum atomic E-state index is -1.79. The minimum Gasteiger partial charge on any atom is -0.394 e. The number of unbranched alkanes of at least 4 members (excludes halogenated alkanes) is 38. The van der Waals surface area contributed by atoms with Gasteiger partial charge in [0.25, 0.3) is 0 Å². The van der Waals surface area contributed by atoms with E-state index in [1.807, 2.05) is 6.08 Å². The molecule has 2 fully saturated rings. The van der Waals surface area contributed by atoms with Crippen LogP contribution in [0.2, 0.25) is 0 Å². The van der Waals surface area contributed by atoms with Crippen LogP contribution in [0.4, 0.5) is 0 Å². The molecule has 2 aliphatic rings. The van der Waals surface area contributed by atoms with Crippen molar-refractivity contribution in [2.24, 2.45) is 0 Å². The molecule has 9 N–H and O–H groups in total. The molecule has 0 spiro atoms. The van der Waals surface area contributed by atoms with Crippen LogP contribution in [0.1, 0.15) is 290 Å². The summed E-state index contributed by atoms with van der Waals surface area (Å²) in [6, 6.07) is -0.933. The van der Waals surface area contributed by atoms with E-state index in [0.717, 1.165) is 32.1 Å². The molecule has 81 heavy (non-hydrogen) atoms. The fraction of sp³-hybridized carbons (Fsp3) is 0.896. The highest BCUT2D eigenvalue weighted by Crippen LogP contribution is 2.30. The lowest BCUT2D eigenvalue weighted by Gasteiger charge is -2.46. The predicted molar refractivity (Wildman–Crippen MR) is 328 cm³/mol. The van der Waals surface area contributed by atoms with Crippen molar-refractivity contribution in [2.75, 3.05) is 19.8 Å². The van der Waals surface area contributed by atoms with Crippen LogP contribution in [0.25, 0.3) is 0 Å². The number of allylic oxidation sites excluding steroid dienone is 5. The molecule has 0 radical (unpaired) electrons. The second-order valence-corrected chi connectivity index (χ2v) is 23.9. The standard InChI is InChI=1S/C67H125NO13/c1-3-5-7-9-11-13-15-17-19-21-23-25-26-27-28-29-31-32-34-36-38-40-42-44-46-48-50-56(71)55(54-78-66-64(77)62(75)65(58(53-70)80-66)81-67-63(76)61(74)60(73)57(52-69)79-67)68-59(72)51-49-47-45-43-41-39-37-35-33-30-24-22-20-18-16-14-12-10-8-6-4-2/h22,24,40,42,48,50,55-58,60-67,69-71,73-77H,3-21,23,25-39,41,43-47,49,51-54H2,1-2H3,(H,68,72)/b24-22-,42-40+,50-48+. The summed E-state index contributed by atoms with van der Waals surface area (Å²) in [5, 5.41) is 87.3. The van der Waals surface area contributed by atoms with E-state index in [0.29, 0.717) is 12.8 Å². The molecule has 14 heteroatoms. The molecular weight excluding hydrogens is 1030 g/mol. The van der Waals surface area contributed by atoms with E-state index in [4.69, 9.17) is 18.9 Å².